The van der Waals surface area contributed by atoms with Gasteiger partial charge >= 0.3 is 12.0 Å². The van der Waals surface area contributed by atoms with Crippen LogP contribution in [0.1, 0.15) is 18.1 Å². The van der Waals surface area contributed by atoms with Gasteiger partial charge in [0, 0.05) is 5.69 Å². The van der Waals surface area contributed by atoms with E-state index < -0.39 is 30.6 Å². The number of benzene rings is 1. The number of nitrogens with one attached hydrogen (secondary N) is 2. The molecular weight excluding hydrogens is 274 g/mol. The summed E-state index contributed by atoms with van der Waals surface area (Å²) in [6, 6.07) is 3.84. The summed E-state index contributed by atoms with van der Waals surface area (Å²) in [5, 5.41) is 4.81. The number of carbonyl (C=O) groups excluding carboxylic acids is 3. The molecule has 0 saturated heterocycles. The van der Waals surface area contributed by atoms with Gasteiger partial charge in [-0.25, -0.2) is 9.59 Å². The smallest absolute Gasteiger partial charge is 0.328 e. The Balaban J connectivity index is 2.47. The number of ether oxygens (including phenoxy) is 1. The van der Waals surface area contributed by atoms with Crippen LogP contribution in [0.15, 0.2) is 18.2 Å². The standard InChI is InChI=1S/C14H19N3O4/c1-8-4-5-11(9(2)6-8)17-12(18)7-21-13(19)10(3)16-14(15)20/h4-6,10H,7H2,1-3H3,(H,17,18)(H3,15,16,20)/t10-/m0/s1. The van der Waals surface area contributed by atoms with Crippen molar-refractivity contribution < 1.29 is 19.1 Å². The predicted molar refractivity (Wildman–Crippen MR) is 77.7 cm³/mol. The highest BCUT2D eigenvalue weighted by Crippen LogP contribution is 2.15. The number of amides is 3. The lowest BCUT2D eigenvalue weighted by Gasteiger charge is -2.12. The molecule has 0 unspecified atom stereocenters. The van der Waals surface area contributed by atoms with Gasteiger partial charge in [0.25, 0.3) is 5.91 Å². The Morgan fingerprint density at radius 3 is 2.52 bits per heavy atom. The molecular formula is C14H19N3O4. The summed E-state index contributed by atoms with van der Waals surface area (Å²) < 4.78 is 4.78. The molecule has 7 heteroatoms. The van der Waals surface area contributed by atoms with Crippen molar-refractivity contribution in [2.45, 2.75) is 26.8 Å². The van der Waals surface area contributed by atoms with Crippen LogP contribution in [0.3, 0.4) is 0 Å². The molecule has 0 aliphatic rings. The molecule has 0 saturated carbocycles. The van der Waals surface area contributed by atoms with E-state index in [0.29, 0.717) is 5.69 Å². The molecule has 1 atom stereocenters. The molecule has 1 aromatic carbocycles. The van der Waals surface area contributed by atoms with Gasteiger partial charge in [0.2, 0.25) is 0 Å². The van der Waals surface area contributed by atoms with E-state index in [0.717, 1.165) is 11.1 Å². The number of aryl methyl sites for hydroxylation is 2. The molecule has 1 rings (SSSR count). The number of rotatable bonds is 5. The Hall–Kier alpha value is -2.57. The van der Waals surface area contributed by atoms with Crippen LogP contribution in [0.25, 0.3) is 0 Å². The number of hydrogen-bond donors (Lipinski definition) is 3. The summed E-state index contributed by atoms with van der Waals surface area (Å²) >= 11 is 0. The summed E-state index contributed by atoms with van der Waals surface area (Å²) in [5.41, 5.74) is 7.54. The van der Waals surface area contributed by atoms with E-state index in [-0.39, 0.29) is 0 Å². The lowest BCUT2D eigenvalue weighted by Crippen LogP contribution is -2.43. The molecule has 0 fully saturated rings. The van der Waals surface area contributed by atoms with Crippen molar-refractivity contribution in [1.82, 2.24) is 5.32 Å². The highest BCUT2D eigenvalue weighted by molar-refractivity contribution is 5.94. The maximum atomic E-state index is 11.7. The largest absolute Gasteiger partial charge is 0.454 e. The lowest BCUT2D eigenvalue weighted by atomic mass is 10.1. The zero-order chi connectivity index (χ0) is 16.0. The van der Waals surface area contributed by atoms with Crippen LogP contribution >= 0.6 is 0 Å². The predicted octanol–water partition coefficient (Wildman–Crippen LogP) is 0.842. The van der Waals surface area contributed by atoms with Gasteiger partial charge in [0.1, 0.15) is 6.04 Å². The van der Waals surface area contributed by atoms with Crippen molar-refractivity contribution in [2.24, 2.45) is 5.73 Å². The molecule has 21 heavy (non-hydrogen) atoms. The Morgan fingerprint density at radius 2 is 1.95 bits per heavy atom. The normalized spacial score (nSPS) is 11.4. The first kappa shape index (κ1) is 16.5. The van der Waals surface area contributed by atoms with Gasteiger partial charge in [0.15, 0.2) is 6.61 Å². The second kappa shape index (κ2) is 7.28. The fraction of sp³-hybridized carbons (Fsp3) is 0.357. The molecule has 0 aromatic heterocycles. The van der Waals surface area contributed by atoms with Crippen molar-refractivity contribution >= 4 is 23.6 Å². The van der Waals surface area contributed by atoms with E-state index >= 15 is 0 Å². The van der Waals surface area contributed by atoms with Crippen LogP contribution in [-0.4, -0.2) is 30.6 Å². The number of hydrogen-bond acceptors (Lipinski definition) is 4. The molecule has 3 amide bonds. The molecule has 1 aromatic rings. The van der Waals surface area contributed by atoms with E-state index in [9.17, 15) is 14.4 Å². The van der Waals surface area contributed by atoms with Gasteiger partial charge < -0.3 is 21.1 Å². The third-order valence-corrected chi connectivity index (χ3v) is 2.71. The molecule has 0 heterocycles. The molecule has 0 spiro atoms. The van der Waals surface area contributed by atoms with Crippen molar-refractivity contribution in [2.75, 3.05) is 11.9 Å². The first-order valence-corrected chi connectivity index (χ1v) is 6.39. The fourth-order valence-electron chi connectivity index (χ4n) is 1.67. The van der Waals surface area contributed by atoms with Crippen LogP contribution in [-0.2, 0) is 14.3 Å². The summed E-state index contributed by atoms with van der Waals surface area (Å²) in [5.74, 6) is -1.19. The molecule has 0 aliphatic carbocycles. The van der Waals surface area contributed by atoms with Crippen molar-refractivity contribution in [1.29, 1.82) is 0 Å². The Morgan fingerprint density at radius 1 is 1.29 bits per heavy atom. The third kappa shape index (κ3) is 5.52. The number of urea groups is 1. The molecule has 4 N–H and O–H groups in total. The molecule has 0 aliphatic heterocycles. The number of anilines is 1. The first-order valence-electron chi connectivity index (χ1n) is 6.39. The van der Waals surface area contributed by atoms with E-state index in [4.69, 9.17) is 10.5 Å². The zero-order valence-corrected chi connectivity index (χ0v) is 12.2. The molecule has 0 bridgehead atoms. The monoisotopic (exact) mass is 293 g/mol. The Bertz CT molecular complexity index is 557. The number of nitrogens with two attached hydrogens (primary N) is 1. The maximum Gasteiger partial charge on any atom is 0.328 e. The Labute approximate surface area is 122 Å². The highest BCUT2D eigenvalue weighted by Gasteiger charge is 2.17. The van der Waals surface area contributed by atoms with Gasteiger partial charge in [-0.15, -0.1) is 0 Å². The lowest BCUT2D eigenvalue weighted by molar-refractivity contribution is -0.148. The minimum Gasteiger partial charge on any atom is -0.454 e. The molecule has 114 valence electrons. The van der Waals surface area contributed by atoms with Crippen LogP contribution in [0, 0.1) is 13.8 Å². The van der Waals surface area contributed by atoms with Gasteiger partial charge in [-0.1, -0.05) is 17.7 Å². The Kier molecular flexibility index (Phi) is 5.71. The van der Waals surface area contributed by atoms with E-state index in [2.05, 4.69) is 10.6 Å². The summed E-state index contributed by atoms with van der Waals surface area (Å²) in [6.45, 7) is 4.80. The van der Waals surface area contributed by atoms with Crippen molar-refractivity contribution in [3.8, 4) is 0 Å². The fourth-order valence-corrected chi connectivity index (χ4v) is 1.67. The van der Waals surface area contributed by atoms with Crippen LogP contribution in [0.2, 0.25) is 0 Å². The third-order valence-electron chi connectivity index (χ3n) is 2.71. The molecule has 7 nitrogen and oxygen atoms in total. The highest BCUT2D eigenvalue weighted by atomic mass is 16.5. The van der Waals surface area contributed by atoms with Gasteiger partial charge in [-0.3, -0.25) is 4.79 Å². The van der Waals surface area contributed by atoms with Crippen molar-refractivity contribution in [3.05, 3.63) is 29.3 Å². The van der Waals surface area contributed by atoms with Gasteiger partial charge in [0.05, 0.1) is 0 Å². The average Bonchev–Trinajstić information content (AvgIpc) is 2.38. The zero-order valence-electron chi connectivity index (χ0n) is 12.2. The minimum absolute atomic E-state index is 0.434. The van der Waals surface area contributed by atoms with Crippen LogP contribution in [0.5, 0.6) is 0 Å². The quantitative estimate of drug-likeness (QED) is 0.699. The van der Waals surface area contributed by atoms with E-state index in [1.165, 1.54) is 6.92 Å². The molecule has 0 radical (unpaired) electrons. The second-order valence-electron chi connectivity index (χ2n) is 4.70. The summed E-state index contributed by atoms with van der Waals surface area (Å²) in [4.78, 5) is 33.8. The van der Waals surface area contributed by atoms with E-state index in [1.807, 2.05) is 26.0 Å². The van der Waals surface area contributed by atoms with Crippen molar-refractivity contribution in [3.63, 3.8) is 0 Å². The van der Waals surface area contributed by atoms with Crippen LogP contribution < -0.4 is 16.4 Å². The topological polar surface area (TPSA) is 111 Å². The number of carbonyl (C=O) groups is 3. The maximum absolute atomic E-state index is 11.7. The first-order chi connectivity index (χ1) is 9.79. The van der Waals surface area contributed by atoms with Gasteiger partial charge in [-0.2, -0.15) is 0 Å². The van der Waals surface area contributed by atoms with Crippen LogP contribution in [0.4, 0.5) is 10.5 Å². The second-order valence-corrected chi connectivity index (χ2v) is 4.70. The average molecular weight is 293 g/mol. The number of esters is 1. The van der Waals surface area contributed by atoms with E-state index in [1.54, 1.807) is 6.07 Å². The number of primary amides is 1. The SMILES string of the molecule is Cc1ccc(NC(=O)COC(=O)[C@H](C)NC(N)=O)c(C)c1. The summed E-state index contributed by atoms with van der Waals surface area (Å²) in [7, 11) is 0. The summed E-state index contributed by atoms with van der Waals surface area (Å²) in [6.07, 6.45) is 0. The van der Waals surface area contributed by atoms with Gasteiger partial charge in [-0.05, 0) is 32.4 Å². The minimum atomic E-state index is -0.906.